The lowest BCUT2D eigenvalue weighted by molar-refractivity contribution is 0.0953. The standard InChI is InChI=1S/C22H19N3O3/c1-15-6-2-3-11-20(15)22(28)24-18-9-5-8-17(13-18)21(27)25-23-14-16-7-4-10-19(26)12-16/h2-14,26H,1H3,(H,24,28)(H,25,27)/b23-14+. The van der Waals surface area contributed by atoms with Gasteiger partial charge in [-0.2, -0.15) is 5.10 Å². The molecule has 0 unspecified atom stereocenters. The normalized spacial score (nSPS) is 10.6. The molecule has 3 aromatic carbocycles. The lowest BCUT2D eigenvalue weighted by Gasteiger charge is -2.08. The number of anilines is 1. The molecule has 3 rings (SSSR count). The van der Waals surface area contributed by atoms with Crippen molar-refractivity contribution in [1.29, 1.82) is 0 Å². The summed E-state index contributed by atoms with van der Waals surface area (Å²) in [4.78, 5) is 24.7. The van der Waals surface area contributed by atoms with Crippen LogP contribution in [-0.2, 0) is 0 Å². The summed E-state index contributed by atoms with van der Waals surface area (Å²) >= 11 is 0. The van der Waals surface area contributed by atoms with Crippen molar-refractivity contribution < 1.29 is 14.7 Å². The smallest absolute Gasteiger partial charge is 0.271 e. The summed E-state index contributed by atoms with van der Waals surface area (Å²) in [6.45, 7) is 1.86. The van der Waals surface area contributed by atoms with Crippen molar-refractivity contribution in [2.24, 2.45) is 5.10 Å². The molecule has 3 aromatic rings. The Hall–Kier alpha value is -3.93. The lowest BCUT2D eigenvalue weighted by atomic mass is 10.1. The first-order chi connectivity index (χ1) is 13.5. The van der Waals surface area contributed by atoms with Gasteiger partial charge in [-0.1, -0.05) is 36.4 Å². The Morgan fingerprint density at radius 3 is 2.50 bits per heavy atom. The Labute approximate surface area is 162 Å². The van der Waals surface area contributed by atoms with Gasteiger partial charge in [-0.05, 0) is 54.4 Å². The van der Waals surface area contributed by atoms with Crippen molar-refractivity contribution in [2.45, 2.75) is 6.92 Å². The van der Waals surface area contributed by atoms with Crippen LogP contribution < -0.4 is 10.7 Å². The molecule has 0 saturated carbocycles. The van der Waals surface area contributed by atoms with Gasteiger partial charge in [0.25, 0.3) is 11.8 Å². The van der Waals surface area contributed by atoms with E-state index in [0.29, 0.717) is 22.4 Å². The number of phenolic OH excluding ortho intramolecular Hbond substituents is 1. The van der Waals surface area contributed by atoms with E-state index in [1.165, 1.54) is 12.3 Å². The van der Waals surface area contributed by atoms with E-state index in [2.05, 4.69) is 15.8 Å². The molecule has 0 heterocycles. The van der Waals surface area contributed by atoms with Crippen LogP contribution in [0.3, 0.4) is 0 Å². The van der Waals surface area contributed by atoms with Crippen LogP contribution in [0.4, 0.5) is 5.69 Å². The molecular formula is C22H19N3O3. The number of hydrazone groups is 1. The van der Waals surface area contributed by atoms with Crippen LogP contribution in [0.2, 0.25) is 0 Å². The number of hydrogen-bond acceptors (Lipinski definition) is 4. The average Bonchev–Trinajstić information content (AvgIpc) is 2.68. The van der Waals surface area contributed by atoms with Crippen LogP contribution in [0.1, 0.15) is 31.8 Å². The zero-order valence-corrected chi connectivity index (χ0v) is 15.2. The third-order valence-electron chi connectivity index (χ3n) is 4.02. The molecule has 0 atom stereocenters. The van der Waals surface area contributed by atoms with Crippen molar-refractivity contribution in [2.75, 3.05) is 5.32 Å². The van der Waals surface area contributed by atoms with E-state index in [1.54, 1.807) is 54.6 Å². The Bertz CT molecular complexity index is 1040. The maximum atomic E-state index is 12.4. The summed E-state index contributed by atoms with van der Waals surface area (Å²) in [6, 6.07) is 20.4. The minimum Gasteiger partial charge on any atom is -0.508 e. The highest BCUT2D eigenvalue weighted by molar-refractivity contribution is 6.06. The van der Waals surface area contributed by atoms with Gasteiger partial charge in [-0.25, -0.2) is 5.43 Å². The minimum absolute atomic E-state index is 0.118. The molecule has 0 aliphatic heterocycles. The van der Waals surface area contributed by atoms with E-state index < -0.39 is 5.91 Å². The molecule has 0 bridgehead atoms. The molecule has 0 saturated heterocycles. The monoisotopic (exact) mass is 373 g/mol. The molecule has 0 aliphatic rings. The molecule has 0 fully saturated rings. The Morgan fingerprint density at radius 2 is 1.71 bits per heavy atom. The van der Waals surface area contributed by atoms with E-state index in [1.807, 2.05) is 19.1 Å². The fourth-order valence-corrected chi connectivity index (χ4v) is 2.60. The predicted molar refractivity (Wildman–Crippen MR) is 109 cm³/mol. The quantitative estimate of drug-likeness (QED) is 0.470. The molecule has 0 aliphatic carbocycles. The fourth-order valence-electron chi connectivity index (χ4n) is 2.60. The zero-order chi connectivity index (χ0) is 19.9. The summed E-state index contributed by atoms with van der Waals surface area (Å²) in [7, 11) is 0. The molecule has 28 heavy (non-hydrogen) atoms. The number of phenols is 1. The molecule has 3 N–H and O–H groups in total. The van der Waals surface area contributed by atoms with E-state index in [4.69, 9.17) is 0 Å². The average molecular weight is 373 g/mol. The Kier molecular flexibility index (Phi) is 5.81. The van der Waals surface area contributed by atoms with Crippen molar-refractivity contribution in [1.82, 2.24) is 5.43 Å². The molecule has 0 radical (unpaired) electrons. The van der Waals surface area contributed by atoms with E-state index >= 15 is 0 Å². The number of benzene rings is 3. The second kappa shape index (κ2) is 8.64. The third kappa shape index (κ3) is 4.82. The van der Waals surface area contributed by atoms with Crippen LogP contribution >= 0.6 is 0 Å². The fraction of sp³-hybridized carbons (Fsp3) is 0.0455. The van der Waals surface area contributed by atoms with Crippen molar-refractivity contribution in [3.63, 3.8) is 0 Å². The summed E-state index contributed by atoms with van der Waals surface area (Å²) in [6.07, 6.45) is 1.43. The van der Waals surface area contributed by atoms with Crippen LogP contribution in [-0.4, -0.2) is 23.1 Å². The first kappa shape index (κ1) is 18.8. The van der Waals surface area contributed by atoms with Crippen LogP contribution in [0.5, 0.6) is 5.75 Å². The number of hydrogen-bond donors (Lipinski definition) is 3. The van der Waals surface area contributed by atoms with Crippen molar-refractivity contribution in [3.05, 3.63) is 95.1 Å². The predicted octanol–water partition coefficient (Wildman–Crippen LogP) is 3.72. The maximum absolute atomic E-state index is 12.4. The number of carbonyl (C=O) groups excluding carboxylic acids is 2. The van der Waals surface area contributed by atoms with Gasteiger partial charge in [0.2, 0.25) is 0 Å². The zero-order valence-electron chi connectivity index (χ0n) is 15.2. The summed E-state index contributed by atoms with van der Waals surface area (Å²) in [5.41, 5.74) is 5.39. The molecular weight excluding hydrogens is 354 g/mol. The number of carbonyl (C=O) groups is 2. The highest BCUT2D eigenvalue weighted by Gasteiger charge is 2.10. The second-order valence-corrected chi connectivity index (χ2v) is 6.14. The number of nitrogens with zero attached hydrogens (tertiary/aromatic N) is 1. The minimum atomic E-state index is -0.414. The van der Waals surface area contributed by atoms with Crippen LogP contribution in [0, 0.1) is 6.92 Å². The summed E-state index contributed by atoms with van der Waals surface area (Å²) < 4.78 is 0. The molecule has 140 valence electrons. The maximum Gasteiger partial charge on any atom is 0.271 e. The van der Waals surface area contributed by atoms with Gasteiger partial charge in [-0.3, -0.25) is 9.59 Å². The van der Waals surface area contributed by atoms with Crippen molar-refractivity contribution >= 4 is 23.7 Å². The van der Waals surface area contributed by atoms with E-state index in [0.717, 1.165) is 5.56 Å². The summed E-state index contributed by atoms with van der Waals surface area (Å²) in [5, 5.41) is 16.1. The second-order valence-electron chi connectivity index (χ2n) is 6.14. The number of nitrogens with one attached hydrogen (secondary N) is 2. The SMILES string of the molecule is Cc1ccccc1C(=O)Nc1cccc(C(=O)N/N=C/c2cccc(O)c2)c1. The van der Waals surface area contributed by atoms with Crippen molar-refractivity contribution in [3.8, 4) is 5.75 Å². The Morgan fingerprint density at radius 1 is 0.929 bits per heavy atom. The van der Waals surface area contributed by atoms with Gasteiger partial charge in [-0.15, -0.1) is 0 Å². The summed E-state index contributed by atoms with van der Waals surface area (Å²) in [5.74, 6) is -0.534. The third-order valence-corrected chi connectivity index (χ3v) is 4.02. The van der Waals surface area contributed by atoms with Gasteiger partial charge < -0.3 is 10.4 Å². The van der Waals surface area contributed by atoms with Crippen LogP contribution in [0.25, 0.3) is 0 Å². The number of amides is 2. The Balaban J connectivity index is 1.66. The molecule has 0 aromatic heterocycles. The highest BCUT2D eigenvalue weighted by atomic mass is 16.3. The first-order valence-electron chi connectivity index (χ1n) is 8.62. The van der Waals surface area contributed by atoms with Gasteiger partial charge in [0, 0.05) is 16.8 Å². The molecule has 2 amide bonds. The van der Waals surface area contributed by atoms with Gasteiger partial charge in [0.05, 0.1) is 6.21 Å². The molecule has 0 spiro atoms. The van der Waals surface area contributed by atoms with Gasteiger partial charge in [0.1, 0.15) is 5.75 Å². The highest BCUT2D eigenvalue weighted by Crippen LogP contribution is 2.14. The molecule has 6 heteroatoms. The lowest BCUT2D eigenvalue weighted by Crippen LogP contribution is -2.18. The number of aromatic hydroxyl groups is 1. The first-order valence-corrected chi connectivity index (χ1v) is 8.62. The number of rotatable bonds is 5. The largest absolute Gasteiger partial charge is 0.508 e. The van der Waals surface area contributed by atoms with Gasteiger partial charge in [0.15, 0.2) is 0 Å². The topological polar surface area (TPSA) is 90.8 Å². The van der Waals surface area contributed by atoms with E-state index in [9.17, 15) is 14.7 Å². The van der Waals surface area contributed by atoms with E-state index in [-0.39, 0.29) is 11.7 Å². The van der Waals surface area contributed by atoms with Crippen LogP contribution in [0.15, 0.2) is 77.9 Å². The number of aryl methyl sites for hydroxylation is 1. The molecule has 6 nitrogen and oxygen atoms in total. The van der Waals surface area contributed by atoms with Gasteiger partial charge >= 0.3 is 0 Å².